The Bertz CT molecular complexity index is 2500. The van der Waals surface area contributed by atoms with Gasteiger partial charge in [0.2, 0.25) is 13.7 Å². The molecule has 59 heavy (non-hydrogen) atoms. The molecule has 1 aliphatic heterocycles. The van der Waals surface area contributed by atoms with Gasteiger partial charge in [-0.15, -0.1) is 0 Å². The lowest BCUT2D eigenvalue weighted by atomic mass is 9.90. The Labute approximate surface area is 344 Å². The van der Waals surface area contributed by atoms with E-state index in [0.717, 1.165) is 55.4 Å². The van der Waals surface area contributed by atoms with Crippen molar-refractivity contribution in [1.29, 1.82) is 0 Å². The quantitative estimate of drug-likeness (QED) is 0.0293. The maximum Gasteiger partial charge on any atom is 0.336 e. The molecule has 3 aromatic rings. The van der Waals surface area contributed by atoms with Crippen molar-refractivity contribution >= 4 is 58.3 Å². The zero-order chi connectivity index (χ0) is 43.1. The molecule has 0 spiro atoms. The van der Waals surface area contributed by atoms with Crippen LogP contribution in [0.5, 0.6) is 0 Å². The normalized spacial score (nSPS) is 11.8. The summed E-state index contributed by atoms with van der Waals surface area (Å²) in [6.07, 6.45) is -0.113. The molecule has 0 radical (unpaired) electrons. The maximum absolute atomic E-state index is 13.8. The summed E-state index contributed by atoms with van der Waals surface area (Å²) in [7, 11) is -5.39. The number of hydrogen-bond acceptors (Lipinski definition) is 10. The number of unbranched alkanes of at least 4 members (excludes halogenated alkanes) is 1. The summed E-state index contributed by atoms with van der Waals surface area (Å²) in [4.78, 5) is 40.9. The third-order valence-electron chi connectivity index (χ3n) is 10.9. The van der Waals surface area contributed by atoms with Gasteiger partial charge in [-0.2, -0.15) is 0 Å². The lowest BCUT2D eigenvalue weighted by Gasteiger charge is -2.24. The minimum atomic E-state index is -4.00. The number of benzene rings is 4. The minimum absolute atomic E-state index is 0.0428. The van der Waals surface area contributed by atoms with E-state index in [0.29, 0.717) is 45.9 Å². The second kappa shape index (κ2) is 19.1. The molecule has 5 rings (SSSR count). The molecule has 1 amide bonds. The third-order valence-corrected chi connectivity index (χ3v) is 15.9. The largest absolute Gasteiger partial charge is 0.478 e. The van der Waals surface area contributed by atoms with Gasteiger partial charge in [0.1, 0.15) is 24.4 Å². The van der Waals surface area contributed by atoms with Gasteiger partial charge < -0.3 is 39.5 Å². The van der Waals surface area contributed by atoms with E-state index in [-0.39, 0.29) is 40.8 Å². The van der Waals surface area contributed by atoms with Gasteiger partial charge in [0.15, 0.2) is 9.84 Å². The molecule has 3 aromatic carbocycles. The lowest BCUT2D eigenvalue weighted by Crippen LogP contribution is -2.46. The van der Waals surface area contributed by atoms with E-state index in [4.69, 9.17) is 8.84 Å². The van der Waals surface area contributed by atoms with Gasteiger partial charge >= 0.3 is 11.9 Å². The first-order valence-corrected chi connectivity index (χ1v) is 23.8. The second-order valence-corrected chi connectivity index (χ2v) is 20.2. The Balaban J connectivity index is 1.55. The fourth-order valence-corrected chi connectivity index (χ4v) is 10.5. The molecule has 16 heteroatoms. The van der Waals surface area contributed by atoms with Crippen LogP contribution >= 0.6 is 0 Å². The van der Waals surface area contributed by atoms with Gasteiger partial charge in [0, 0.05) is 60.2 Å². The monoisotopic (exact) mass is 846 g/mol. The van der Waals surface area contributed by atoms with Crippen LogP contribution < -0.4 is 20.1 Å². The van der Waals surface area contributed by atoms with E-state index in [9.17, 15) is 43.2 Å². The van der Waals surface area contributed by atoms with E-state index in [1.807, 2.05) is 36.4 Å². The summed E-state index contributed by atoms with van der Waals surface area (Å²) in [5.41, 5.74) is 2.17. The predicted octanol–water partition coefficient (Wildman–Crippen LogP) is 5.72. The third kappa shape index (κ3) is 9.58. The van der Waals surface area contributed by atoms with Crippen LogP contribution in [-0.4, -0.2) is 107 Å². The number of hydrogen-bond donors (Lipinski definition) is 5. The molecule has 0 fully saturated rings. The first-order valence-electron chi connectivity index (χ1n) is 19.6. The number of amides is 1. The topological polar surface area (TPSA) is 207 Å². The van der Waals surface area contributed by atoms with E-state index < -0.39 is 47.1 Å². The molecule has 14 nitrogen and oxygen atoms in total. The number of nitrogens with one attached hydrogen (secondary N) is 1. The Morgan fingerprint density at radius 2 is 1.47 bits per heavy atom. The van der Waals surface area contributed by atoms with Gasteiger partial charge in [-0.05, 0) is 94.3 Å². The first-order chi connectivity index (χ1) is 28.2. The summed E-state index contributed by atoms with van der Waals surface area (Å²) in [6.45, 7) is 11.3. The lowest BCUT2D eigenvalue weighted by molar-refractivity contribution is 0.0685. The number of nitrogens with zero attached hydrogens (tertiary/aromatic N) is 2. The van der Waals surface area contributed by atoms with Crippen molar-refractivity contribution in [3.05, 3.63) is 94.8 Å². The van der Waals surface area contributed by atoms with Gasteiger partial charge in [-0.25, -0.2) is 22.6 Å². The van der Waals surface area contributed by atoms with Gasteiger partial charge in [0.25, 0.3) is 5.91 Å². The predicted molar refractivity (Wildman–Crippen MR) is 230 cm³/mol. The Morgan fingerprint density at radius 3 is 2.08 bits per heavy atom. The molecule has 1 heterocycles. The standard InChI is InChI=1S/C43H51N3O11SSi/c1-6-45(7-2)29-13-17-34-38(23-29)57-39-24-30(46(8-3)9-4)14-18-35(39)40(34)32-16-12-28(22-37(32)43(52)53)44-41(49)36-25-31(15-19-33(36)42(50)51)58(54,55)20-10-11-21-59(26-47,27-48)56-5/h12-19,22-25,47-48H,6-11,20-21,26-27H2,1-5H3,(H2,50,51,52,53)/p+1. The summed E-state index contributed by atoms with van der Waals surface area (Å²) >= 11 is 0. The molecule has 0 saturated heterocycles. The number of carboxylic acid groups (broad SMARTS) is 2. The Hall–Kier alpha value is -5.39. The number of carbonyl (C=O) groups is 3. The van der Waals surface area contributed by atoms with E-state index in [1.54, 1.807) is 6.07 Å². The van der Waals surface area contributed by atoms with E-state index >= 15 is 0 Å². The van der Waals surface area contributed by atoms with Crippen LogP contribution in [0.15, 0.2) is 82.1 Å². The molecule has 0 saturated carbocycles. The summed E-state index contributed by atoms with van der Waals surface area (Å²) in [5.74, 6) is -3.47. The highest BCUT2D eigenvalue weighted by molar-refractivity contribution is 7.91. The smallest absolute Gasteiger partial charge is 0.336 e. The number of aromatic carboxylic acids is 2. The highest BCUT2D eigenvalue weighted by atomic mass is 32.2. The molecule has 0 atom stereocenters. The number of aliphatic hydroxyl groups is 2. The molecule has 1 aliphatic carbocycles. The molecule has 0 unspecified atom stereocenters. The number of sulfone groups is 1. The zero-order valence-electron chi connectivity index (χ0n) is 33.9. The highest BCUT2D eigenvalue weighted by Crippen LogP contribution is 2.42. The number of rotatable bonds is 19. The number of anilines is 2. The molecule has 0 bridgehead atoms. The summed E-state index contributed by atoms with van der Waals surface area (Å²) < 4.78 is 40.8. The average Bonchev–Trinajstić information content (AvgIpc) is 3.23. The number of fused-ring (bicyclic) bond motifs is 2. The van der Waals surface area contributed by atoms with Crippen molar-refractivity contribution in [2.45, 2.75) is 51.5 Å². The first kappa shape index (κ1) is 44.7. The fraction of sp³-hybridized carbons (Fsp3) is 0.349. The van der Waals surface area contributed by atoms with Crippen LogP contribution in [0.25, 0.3) is 33.4 Å². The van der Waals surface area contributed by atoms with Crippen molar-refractivity contribution in [3.8, 4) is 22.5 Å². The van der Waals surface area contributed by atoms with Crippen LogP contribution in [0.1, 0.15) is 71.6 Å². The molecule has 0 aromatic heterocycles. The molecular weight excluding hydrogens is 795 g/mol. The maximum atomic E-state index is 13.8. The van der Waals surface area contributed by atoms with Crippen molar-refractivity contribution in [3.63, 3.8) is 0 Å². The SMILES string of the molecule is CCN(CC)c1ccc2c(-c3ccc(NC(=O)c4cc(S(=O)(=O)CCCC[Si](CO)(CO)OC)ccc4C(=O)O)cc3C(=O)O)c3ccc(=[N+](CC)CC)cc-3oc2c1. The van der Waals surface area contributed by atoms with Crippen molar-refractivity contribution in [2.75, 3.05) is 61.7 Å². The molecule has 2 aliphatic rings. The zero-order valence-corrected chi connectivity index (χ0v) is 35.8. The van der Waals surface area contributed by atoms with Crippen LogP contribution in [-0.2, 0) is 14.3 Å². The Kier molecular flexibility index (Phi) is 14.5. The summed E-state index contributed by atoms with van der Waals surface area (Å²) in [6, 6.07) is 19.5. The highest BCUT2D eigenvalue weighted by Gasteiger charge is 2.32. The molecular formula is C43H52N3O11SSi+. The van der Waals surface area contributed by atoms with Crippen LogP contribution in [0, 0.1) is 0 Å². The van der Waals surface area contributed by atoms with Gasteiger partial charge in [-0.3, -0.25) is 4.79 Å². The van der Waals surface area contributed by atoms with E-state index in [1.165, 1.54) is 19.2 Å². The Morgan fingerprint density at radius 1 is 0.797 bits per heavy atom. The number of aliphatic hydroxyl groups excluding tert-OH is 2. The van der Waals surface area contributed by atoms with Crippen molar-refractivity contribution in [1.82, 2.24) is 4.58 Å². The van der Waals surface area contributed by atoms with Crippen molar-refractivity contribution in [2.24, 2.45) is 0 Å². The number of carboxylic acids is 2. The second-order valence-electron chi connectivity index (χ2n) is 14.2. The van der Waals surface area contributed by atoms with Crippen LogP contribution in [0.2, 0.25) is 6.04 Å². The van der Waals surface area contributed by atoms with Crippen LogP contribution in [0.4, 0.5) is 11.4 Å². The molecule has 314 valence electrons. The van der Waals surface area contributed by atoms with E-state index in [2.05, 4.69) is 42.5 Å². The minimum Gasteiger partial charge on any atom is -0.478 e. The number of carbonyl (C=O) groups excluding carboxylic acids is 1. The fourth-order valence-electron chi connectivity index (χ4n) is 7.33. The summed E-state index contributed by atoms with van der Waals surface area (Å²) in [5, 5.41) is 44.1. The van der Waals surface area contributed by atoms with Crippen LogP contribution in [0.3, 0.4) is 0 Å². The van der Waals surface area contributed by atoms with Gasteiger partial charge in [0.05, 0.1) is 45.9 Å². The van der Waals surface area contributed by atoms with Crippen molar-refractivity contribution < 1.29 is 52.1 Å². The molecule has 5 N–H and O–H groups in total. The average molecular weight is 847 g/mol. The van der Waals surface area contributed by atoms with Gasteiger partial charge in [-0.1, -0.05) is 12.5 Å².